The molecule has 0 radical (unpaired) electrons. The van der Waals surface area contributed by atoms with Gasteiger partial charge in [0, 0.05) is 31.3 Å². The van der Waals surface area contributed by atoms with Crippen LogP contribution in [0.3, 0.4) is 0 Å². The number of carbonyl (C=O) groups excluding carboxylic acids is 1. The topological polar surface area (TPSA) is 41.6 Å². The number of nitrogens with zero attached hydrogens (tertiary/aromatic N) is 1. The average Bonchev–Trinajstić information content (AvgIpc) is 2.75. The molecule has 0 aromatic carbocycles. The fraction of sp³-hybridized carbons (Fsp3) is 0.933. The van der Waals surface area contributed by atoms with Crippen LogP contribution in [0.1, 0.15) is 52.4 Å². The van der Waals surface area contributed by atoms with E-state index in [0.29, 0.717) is 24.7 Å². The molecule has 2 heterocycles. The standard InChI is InChI=1S/C15H28N2O2/c1-3-7-17(15(18)11-19-8-4-2)14-9-12-5-6-13(10-14)16-12/h12-14,16H,3-11H2,1-2H3. The molecule has 2 fully saturated rings. The molecule has 4 heteroatoms. The summed E-state index contributed by atoms with van der Waals surface area (Å²) < 4.78 is 5.43. The SMILES string of the molecule is CCCOCC(=O)N(CCC)C1CC2CCC(C1)N2. The van der Waals surface area contributed by atoms with Crippen LogP contribution in [0.4, 0.5) is 0 Å². The first-order valence-electron chi connectivity index (χ1n) is 7.87. The van der Waals surface area contributed by atoms with E-state index in [2.05, 4.69) is 24.1 Å². The second-order valence-electron chi connectivity index (χ2n) is 5.90. The highest BCUT2D eigenvalue weighted by Crippen LogP contribution is 2.29. The first-order valence-corrected chi connectivity index (χ1v) is 7.87. The van der Waals surface area contributed by atoms with Crippen LogP contribution in [-0.4, -0.2) is 48.7 Å². The van der Waals surface area contributed by atoms with Gasteiger partial charge in [0.05, 0.1) is 0 Å². The first-order chi connectivity index (χ1) is 9.24. The molecule has 0 aromatic heterocycles. The molecular formula is C15H28N2O2. The molecule has 0 spiro atoms. The Morgan fingerprint density at radius 1 is 1.21 bits per heavy atom. The minimum absolute atomic E-state index is 0.182. The molecule has 4 nitrogen and oxygen atoms in total. The normalized spacial score (nSPS) is 29.5. The number of hydrogen-bond acceptors (Lipinski definition) is 3. The number of amides is 1. The summed E-state index contributed by atoms with van der Waals surface area (Å²) in [5, 5.41) is 3.64. The van der Waals surface area contributed by atoms with Crippen molar-refractivity contribution in [1.82, 2.24) is 10.2 Å². The summed E-state index contributed by atoms with van der Waals surface area (Å²) >= 11 is 0. The highest BCUT2D eigenvalue weighted by Gasteiger charge is 2.37. The Balaban J connectivity index is 1.89. The summed E-state index contributed by atoms with van der Waals surface area (Å²) in [6.45, 7) is 6.02. The molecule has 0 saturated carbocycles. The van der Waals surface area contributed by atoms with Crippen LogP contribution in [0.2, 0.25) is 0 Å². The van der Waals surface area contributed by atoms with Gasteiger partial charge in [0.2, 0.25) is 5.91 Å². The van der Waals surface area contributed by atoms with Gasteiger partial charge in [-0.05, 0) is 38.5 Å². The van der Waals surface area contributed by atoms with Crippen LogP contribution in [0.5, 0.6) is 0 Å². The number of hydrogen-bond donors (Lipinski definition) is 1. The van der Waals surface area contributed by atoms with Crippen LogP contribution in [-0.2, 0) is 9.53 Å². The van der Waals surface area contributed by atoms with E-state index < -0.39 is 0 Å². The minimum Gasteiger partial charge on any atom is -0.372 e. The zero-order valence-electron chi connectivity index (χ0n) is 12.4. The fourth-order valence-electron chi connectivity index (χ4n) is 3.42. The van der Waals surface area contributed by atoms with Crippen molar-refractivity contribution in [2.75, 3.05) is 19.8 Å². The molecular weight excluding hydrogens is 240 g/mol. The maximum Gasteiger partial charge on any atom is 0.248 e. The fourth-order valence-corrected chi connectivity index (χ4v) is 3.42. The van der Waals surface area contributed by atoms with E-state index in [4.69, 9.17) is 4.74 Å². The van der Waals surface area contributed by atoms with E-state index in [1.807, 2.05) is 0 Å². The molecule has 1 amide bonds. The first kappa shape index (κ1) is 14.8. The summed E-state index contributed by atoms with van der Waals surface area (Å²) in [5.41, 5.74) is 0. The molecule has 1 N–H and O–H groups in total. The third-order valence-electron chi connectivity index (χ3n) is 4.25. The highest BCUT2D eigenvalue weighted by atomic mass is 16.5. The van der Waals surface area contributed by atoms with Gasteiger partial charge in [0.1, 0.15) is 6.61 Å². The summed E-state index contributed by atoms with van der Waals surface area (Å²) in [6, 6.07) is 1.69. The Labute approximate surface area is 116 Å². The number of carbonyl (C=O) groups is 1. The number of ether oxygens (including phenoxy) is 1. The van der Waals surface area contributed by atoms with E-state index >= 15 is 0 Å². The zero-order chi connectivity index (χ0) is 13.7. The molecule has 2 atom stereocenters. The second kappa shape index (κ2) is 7.25. The van der Waals surface area contributed by atoms with Crippen molar-refractivity contribution in [3.63, 3.8) is 0 Å². The quantitative estimate of drug-likeness (QED) is 0.717. The van der Waals surface area contributed by atoms with Gasteiger partial charge in [-0.1, -0.05) is 13.8 Å². The second-order valence-corrected chi connectivity index (χ2v) is 5.90. The Kier molecular flexibility index (Phi) is 5.64. The maximum atomic E-state index is 12.3. The lowest BCUT2D eigenvalue weighted by Gasteiger charge is -2.37. The number of fused-ring (bicyclic) bond motifs is 2. The molecule has 2 saturated heterocycles. The van der Waals surface area contributed by atoms with Crippen LogP contribution in [0, 0.1) is 0 Å². The van der Waals surface area contributed by atoms with E-state index in [0.717, 1.165) is 32.2 Å². The third kappa shape index (κ3) is 3.93. The summed E-state index contributed by atoms with van der Waals surface area (Å²) in [6.07, 6.45) is 6.80. The van der Waals surface area contributed by atoms with E-state index in [9.17, 15) is 4.79 Å². The largest absolute Gasteiger partial charge is 0.372 e. The van der Waals surface area contributed by atoms with Crippen molar-refractivity contribution in [3.05, 3.63) is 0 Å². The van der Waals surface area contributed by atoms with E-state index in [1.165, 1.54) is 12.8 Å². The summed E-state index contributed by atoms with van der Waals surface area (Å²) in [4.78, 5) is 14.4. The van der Waals surface area contributed by atoms with Gasteiger partial charge in [0.15, 0.2) is 0 Å². The van der Waals surface area contributed by atoms with Crippen LogP contribution in [0.15, 0.2) is 0 Å². The third-order valence-corrected chi connectivity index (χ3v) is 4.25. The minimum atomic E-state index is 0.182. The lowest BCUT2D eigenvalue weighted by atomic mass is 9.98. The summed E-state index contributed by atoms with van der Waals surface area (Å²) in [7, 11) is 0. The number of rotatable bonds is 7. The van der Waals surface area contributed by atoms with Gasteiger partial charge in [-0.15, -0.1) is 0 Å². The summed E-state index contributed by atoms with van der Waals surface area (Å²) in [5.74, 6) is 0.182. The Morgan fingerprint density at radius 2 is 1.89 bits per heavy atom. The Hall–Kier alpha value is -0.610. The van der Waals surface area contributed by atoms with Crippen molar-refractivity contribution in [3.8, 4) is 0 Å². The van der Waals surface area contributed by atoms with Gasteiger partial charge >= 0.3 is 0 Å². The zero-order valence-corrected chi connectivity index (χ0v) is 12.4. The number of nitrogens with one attached hydrogen (secondary N) is 1. The molecule has 2 bridgehead atoms. The average molecular weight is 268 g/mol. The van der Waals surface area contributed by atoms with E-state index in [-0.39, 0.29) is 12.5 Å². The Bertz CT molecular complexity index is 284. The van der Waals surface area contributed by atoms with Crippen LogP contribution in [0.25, 0.3) is 0 Å². The smallest absolute Gasteiger partial charge is 0.248 e. The van der Waals surface area contributed by atoms with Crippen molar-refractivity contribution >= 4 is 5.91 Å². The van der Waals surface area contributed by atoms with Crippen LogP contribution < -0.4 is 5.32 Å². The predicted octanol–water partition coefficient (Wildman–Crippen LogP) is 1.93. The number of piperidine rings is 1. The maximum absolute atomic E-state index is 12.3. The molecule has 2 aliphatic rings. The lowest BCUT2D eigenvalue weighted by Crippen LogP contribution is -2.51. The van der Waals surface area contributed by atoms with Gasteiger partial charge in [0.25, 0.3) is 0 Å². The molecule has 110 valence electrons. The predicted molar refractivity (Wildman–Crippen MR) is 76.1 cm³/mol. The molecule has 2 unspecified atom stereocenters. The van der Waals surface area contributed by atoms with Crippen molar-refractivity contribution in [2.24, 2.45) is 0 Å². The van der Waals surface area contributed by atoms with Gasteiger partial charge in [-0.3, -0.25) is 4.79 Å². The highest BCUT2D eigenvalue weighted by molar-refractivity contribution is 5.77. The monoisotopic (exact) mass is 268 g/mol. The molecule has 0 aliphatic carbocycles. The van der Waals surface area contributed by atoms with Crippen LogP contribution >= 0.6 is 0 Å². The van der Waals surface area contributed by atoms with Crippen molar-refractivity contribution in [2.45, 2.75) is 70.5 Å². The molecule has 2 rings (SSSR count). The Morgan fingerprint density at radius 3 is 2.47 bits per heavy atom. The molecule has 0 aromatic rings. The van der Waals surface area contributed by atoms with Gasteiger partial charge in [-0.25, -0.2) is 0 Å². The van der Waals surface area contributed by atoms with Crippen molar-refractivity contribution < 1.29 is 9.53 Å². The van der Waals surface area contributed by atoms with E-state index in [1.54, 1.807) is 0 Å². The van der Waals surface area contributed by atoms with Crippen molar-refractivity contribution in [1.29, 1.82) is 0 Å². The van der Waals surface area contributed by atoms with Gasteiger partial charge in [-0.2, -0.15) is 0 Å². The lowest BCUT2D eigenvalue weighted by molar-refractivity contribution is -0.139. The molecule has 2 aliphatic heterocycles. The van der Waals surface area contributed by atoms with Gasteiger partial charge < -0.3 is 15.0 Å². The molecule has 19 heavy (non-hydrogen) atoms.